The summed E-state index contributed by atoms with van der Waals surface area (Å²) in [5.41, 5.74) is 0. The smallest absolute Gasteiger partial charge is 0.307 e. The molecule has 0 bridgehead atoms. The number of carbonyl (C=O) groups excluding carboxylic acids is 1. The summed E-state index contributed by atoms with van der Waals surface area (Å²) in [7, 11) is 0. The minimum Gasteiger partial charge on any atom is -0.481 e. The first-order valence-electron chi connectivity index (χ1n) is 8.11. The lowest BCUT2D eigenvalue weighted by molar-refractivity contribution is -0.149. The molecule has 0 spiro atoms. The number of carbonyl (C=O) groups is 2. The third-order valence-electron chi connectivity index (χ3n) is 5.73. The topological polar surface area (TPSA) is 57.6 Å². The van der Waals surface area contributed by atoms with E-state index in [1.165, 1.54) is 19.3 Å². The van der Waals surface area contributed by atoms with E-state index in [1.807, 2.05) is 4.90 Å². The van der Waals surface area contributed by atoms with Gasteiger partial charge in [0.2, 0.25) is 5.91 Å². The third-order valence-corrected chi connectivity index (χ3v) is 5.73. The standard InChI is InChI=1S/C16H25NO3/c1-10-8-12(13(9-10)16(19)20)15(18)17-7-6-11-4-2-3-5-14(11)17/h10-14H,2-9H2,1H3,(H,19,20). The van der Waals surface area contributed by atoms with Gasteiger partial charge < -0.3 is 10.0 Å². The van der Waals surface area contributed by atoms with E-state index >= 15 is 0 Å². The summed E-state index contributed by atoms with van der Waals surface area (Å²) in [5.74, 6) is -0.351. The summed E-state index contributed by atoms with van der Waals surface area (Å²) in [6, 6.07) is 0.404. The zero-order valence-electron chi connectivity index (χ0n) is 12.3. The Morgan fingerprint density at radius 1 is 1.05 bits per heavy atom. The minimum atomic E-state index is -0.785. The van der Waals surface area contributed by atoms with Gasteiger partial charge in [-0.15, -0.1) is 0 Å². The number of carboxylic acids is 1. The van der Waals surface area contributed by atoms with Crippen molar-refractivity contribution in [2.75, 3.05) is 6.54 Å². The van der Waals surface area contributed by atoms with E-state index in [2.05, 4.69) is 6.92 Å². The van der Waals surface area contributed by atoms with Gasteiger partial charge in [-0.1, -0.05) is 19.8 Å². The Morgan fingerprint density at radius 2 is 1.75 bits per heavy atom. The lowest BCUT2D eigenvalue weighted by Gasteiger charge is -2.33. The van der Waals surface area contributed by atoms with Crippen molar-refractivity contribution in [3.05, 3.63) is 0 Å². The molecule has 0 aromatic carbocycles. The summed E-state index contributed by atoms with van der Waals surface area (Å²) in [6.07, 6.45) is 7.41. The van der Waals surface area contributed by atoms with Gasteiger partial charge in [0.25, 0.3) is 0 Å². The molecule has 4 heteroatoms. The van der Waals surface area contributed by atoms with Crippen molar-refractivity contribution in [2.24, 2.45) is 23.7 Å². The van der Waals surface area contributed by atoms with E-state index in [1.54, 1.807) is 0 Å². The van der Waals surface area contributed by atoms with Gasteiger partial charge in [-0.3, -0.25) is 9.59 Å². The molecule has 4 nitrogen and oxygen atoms in total. The Balaban J connectivity index is 1.73. The predicted octanol–water partition coefficient (Wildman–Crippen LogP) is 2.52. The molecular formula is C16H25NO3. The van der Waals surface area contributed by atoms with Gasteiger partial charge in [0.05, 0.1) is 11.8 Å². The second kappa shape index (κ2) is 5.38. The maximum Gasteiger partial charge on any atom is 0.307 e. The van der Waals surface area contributed by atoms with Crippen LogP contribution in [0.2, 0.25) is 0 Å². The van der Waals surface area contributed by atoms with Crippen LogP contribution >= 0.6 is 0 Å². The lowest BCUT2D eigenvalue weighted by Crippen LogP contribution is -2.44. The molecule has 5 unspecified atom stereocenters. The highest BCUT2D eigenvalue weighted by Crippen LogP contribution is 2.42. The fourth-order valence-corrected chi connectivity index (χ4v) is 4.73. The van der Waals surface area contributed by atoms with E-state index in [0.717, 1.165) is 25.8 Å². The Morgan fingerprint density at radius 3 is 2.50 bits per heavy atom. The third kappa shape index (κ3) is 2.33. The van der Waals surface area contributed by atoms with Crippen LogP contribution in [0.1, 0.15) is 51.9 Å². The van der Waals surface area contributed by atoms with Crippen molar-refractivity contribution < 1.29 is 14.7 Å². The van der Waals surface area contributed by atoms with Gasteiger partial charge in [0.1, 0.15) is 0 Å². The normalized spacial score (nSPS) is 40.6. The molecule has 3 rings (SSSR count). The van der Waals surface area contributed by atoms with Gasteiger partial charge in [0, 0.05) is 12.6 Å². The molecule has 1 saturated heterocycles. The van der Waals surface area contributed by atoms with Crippen molar-refractivity contribution >= 4 is 11.9 Å². The fraction of sp³-hybridized carbons (Fsp3) is 0.875. The molecule has 2 saturated carbocycles. The average Bonchev–Trinajstić information content (AvgIpc) is 3.01. The molecule has 1 aliphatic heterocycles. The maximum absolute atomic E-state index is 12.8. The molecule has 1 heterocycles. The minimum absolute atomic E-state index is 0.135. The van der Waals surface area contributed by atoms with E-state index in [-0.39, 0.29) is 11.8 Å². The van der Waals surface area contributed by atoms with Crippen LogP contribution in [0.4, 0.5) is 0 Å². The molecule has 5 atom stereocenters. The van der Waals surface area contributed by atoms with Crippen LogP contribution < -0.4 is 0 Å². The molecule has 0 radical (unpaired) electrons. The Hall–Kier alpha value is -1.06. The summed E-state index contributed by atoms with van der Waals surface area (Å²) in [6.45, 7) is 2.92. The molecule has 0 aromatic rings. The van der Waals surface area contributed by atoms with Crippen LogP contribution in [0.15, 0.2) is 0 Å². The molecule has 3 fully saturated rings. The van der Waals surface area contributed by atoms with E-state index < -0.39 is 11.9 Å². The van der Waals surface area contributed by atoms with E-state index in [9.17, 15) is 14.7 Å². The first-order valence-corrected chi connectivity index (χ1v) is 8.11. The zero-order chi connectivity index (χ0) is 14.3. The Labute approximate surface area is 120 Å². The van der Waals surface area contributed by atoms with Crippen LogP contribution in [0.25, 0.3) is 0 Å². The number of likely N-dealkylation sites (tertiary alicyclic amines) is 1. The van der Waals surface area contributed by atoms with Crippen LogP contribution in [-0.4, -0.2) is 34.5 Å². The Bertz CT molecular complexity index is 409. The first kappa shape index (κ1) is 13.9. The molecule has 0 aromatic heterocycles. The van der Waals surface area contributed by atoms with Crippen LogP contribution in [0.3, 0.4) is 0 Å². The maximum atomic E-state index is 12.8. The Kier molecular flexibility index (Phi) is 3.74. The number of nitrogens with zero attached hydrogens (tertiary/aromatic N) is 1. The molecule has 1 amide bonds. The van der Waals surface area contributed by atoms with E-state index in [4.69, 9.17) is 0 Å². The lowest BCUT2D eigenvalue weighted by atomic mass is 9.84. The van der Waals surface area contributed by atoms with Crippen LogP contribution in [0.5, 0.6) is 0 Å². The summed E-state index contributed by atoms with van der Waals surface area (Å²) >= 11 is 0. The molecule has 112 valence electrons. The zero-order valence-corrected chi connectivity index (χ0v) is 12.3. The average molecular weight is 279 g/mol. The number of amides is 1. The van der Waals surface area contributed by atoms with Gasteiger partial charge >= 0.3 is 5.97 Å². The highest BCUT2D eigenvalue weighted by Gasteiger charge is 2.46. The highest BCUT2D eigenvalue weighted by atomic mass is 16.4. The van der Waals surface area contributed by atoms with Crippen molar-refractivity contribution in [3.8, 4) is 0 Å². The quantitative estimate of drug-likeness (QED) is 0.845. The molecule has 1 N–H and O–H groups in total. The van der Waals surface area contributed by atoms with Gasteiger partial charge in [0.15, 0.2) is 0 Å². The second-order valence-electron chi connectivity index (χ2n) is 7.06. The summed E-state index contributed by atoms with van der Waals surface area (Å²) in [4.78, 5) is 26.3. The number of rotatable bonds is 2. The highest BCUT2D eigenvalue weighted by molar-refractivity contribution is 5.85. The number of fused-ring (bicyclic) bond motifs is 1. The number of carboxylic acid groups (broad SMARTS) is 1. The number of hydrogen-bond donors (Lipinski definition) is 1. The monoisotopic (exact) mass is 279 g/mol. The van der Waals surface area contributed by atoms with Crippen molar-refractivity contribution in [3.63, 3.8) is 0 Å². The largest absolute Gasteiger partial charge is 0.481 e. The number of aliphatic carboxylic acids is 1. The molecule has 20 heavy (non-hydrogen) atoms. The van der Waals surface area contributed by atoms with E-state index in [0.29, 0.717) is 24.3 Å². The van der Waals surface area contributed by atoms with Crippen molar-refractivity contribution in [2.45, 2.75) is 57.9 Å². The molecular weight excluding hydrogens is 254 g/mol. The van der Waals surface area contributed by atoms with Gasteiger partial charge in [-0.05, 0) is 43.9 Å². The molecule has 2 aliphatic carbocycles. The molecule has 3 aliphatic rings. The number of hydrogen-bond acceptors (Lipinski definition) is 2. The van der Waals surface area contributed by atoms with Crippen LogP contribution in [0, 0.1) is 23.7 Å². The van der Waals surface area contributed by atoms with Crippen molar-refractivity contribution in [1.29, 1.82) is 0 Å². The van der Waals surface area contributed by atoms with Gasteiger partial charge in [-0.2, -0.15) is 0 Å². The second-order valence-corrected chi connectivity index (χ2v) is 7.06. The summed E-state index contributed by atoms with van der Waals surface area (Å²) < 4.78 is 0. The first-order chi connectivity index (χ1) is 9.58. The van der Waals surface area contributed by atoms with Gasteiger partial charge in [-0.25, -0.2) is 0 Å². The van der Waals surface area contributed by atoms with Crippen LogP contribution in [-0.2, 0) is 9.59 Å². The SMILES string of the molecule is CC1CC(C(=O)O)C(C(=O)N2CCC3CCCCC32)C1. The fourth-order valence-electron chi connectivity index (χ4n) is 4.73. The predicted molar refractivity (Wildman–Crippen MR) is 75.1 cm³/mol. The summed E-state index contributed by atoms with van der Waals surface area (Å²) in [5, 5.41) is 9.35. The van der Waals surface area contributed by atoms with Crippen molar-refractivity contribution in [1.82, 2.24) is 4.90 Å².